The number of rotatable bonds is 6. The second-order valence-corrected chi connectivity index (χ2v) is 7.87. The molecule has 1 N–H and O–H groups in total. The fourth-order valence-electron chi connectivity index (χ4n) is 2.87. The van der Waals surface area contributed by atoms with Crippen molar-refractivity contribution in [3.63, 3.8) is 0 Å². The Morgan fingerprint density at radius 2 is 1.87 bits per heavy atom. The molecule has 3 aromatic carbocycles. The molecule has 0 radical (unpaired) electrons. The third kappa shape index (κ3) is 6.11. The summed E-state index contributed by atoms with van der Waals surface area (Å²) in [6, 6.07) is 20.2. The van der Waals surface area contributed by atoms with E-state index < -0.39 is 5.91 Å². The van der Waals surface area contributed by atoms with Crippen LogP contribution >= 0.6 is 23.2 Å². The van der Waals surface area contributed by atoms with Gasteiger partial charge >= 0.3 is 0 Å². The van der Waals surface area contributed by atoms with Gasteiger partial charge in [-0.05, 0) is 60.9 Å². The molecule has 3 aromatic rings. The Balaban J connectivity index is 1.71. The van der Waals surface area contributed by atoms with Crippen molar-refractivity contribution in [3.05, 3.63) is 98.5 Å². The predicted molar refractivity (Wildman–Crippen MR) is 125 cm³/mol. The van der Waals surface area contributed by atoms with Crippen molar-refractivity contribution in [3.8, 4) is 11.8 Å². The van der Waals surface area contributed by atoms with E-state index in [-0.39, 0.29) is 5.57 Å². The van der Waals surface area contributed by atoms with Gasteiger partial charge in [0.2, 0.25) is 0 Å². The second kappa shape index (κ2) is 10.2. The first-order valence-corrected chi connectivity index (χ1v) is 10.3. The first-order valence-electron chi connectivity index (χ1n) is 9.53. The molecule has 0 spiro atoms. The molecule has 3 rings (SSSR count). The van der Waals surface area contributed by atoms with E-state index in [0.29, 0.717) is 33.7 Å². The number of nitrogens with zero attached hydrogens (tertiary/aromatic N) is 1. The summed E-state index contributed by atoms with van der Waals surface area (Å²) >= 11 is 12.4. The third-order valence-electron chi connectivity index (χ3n) is 4.54. The van der Waals surface area contributed by atoms with E-state index in [4.69, 9.17) is 27.9 Å². The molecule has 0 saturated heterocycles. The highest BCUT2D eigenvalue weighted by molar-refractivity contribution is 6.32. The summed E-state index contributed by atoms with van der Waals surface area (Å²) in [5, 5.41) is 13.0. The van der Waals surface area contributed by atoms with Crippen LogP contribution in [0.25, 0.3) is 6.08 Å². The lowest BCUT2D eigenvalue weighted by Crippen LogP contribution is -2.13. The highest BCUT2D eigenvalue weighted by Crippen LogP contribution is 2.27. The number of hydrogen-bond acceptors (Lipinski definition) is 3. The summed E-state index contributed by atoms with van der Waals surface area (Å²) in [6.07, 6.45) is 1.47. The van der Waals surface area contributed by atoms with Crippen LogP contribution in [0, 0.1) is 25.2 Å². The van der Waals surface area contributed by atoms with E-state index in [0.717, 1.165) is 16.7 Å². The molecule has 0 bridgehead atoms. The zero-order valence-electron chi connectivity index (χ0n) is 17.1. The van der Waals surface area contributed by atoms with Crippen LogP contribution in [-0.2, 0) is 11.4 Å². The molecule has 0 aromatic heterocycles. The summed E-state index contributed by atoms with van der Waals surface area (Å²) in [5.41, 5.74) is 4.17. The first-order chi connectivity index (χ1) is 14.9. The minimum atomic E-state index is -0.529. The van der Waals surface area contributed by atoms with Gasteiger partial charge in [0, 0.05) is 10.7 Å². The quantitative estimate of drug-likeness (QED) is 0.334. The van der Waals surface area contributed by atoms with Crippen molar-refractivity contribution in [2.45, 2.75) is 20.5 Å². The van der Waals surface area contributed by atoms with Gasteiger partial charge in [0.05, 0.1) is 5.02 Å². The SMILES string of the molecule is Cc1cccc(COc2ccc(/C=C(\C#N)C(=O)Nc3ccc(C)c(Cl)c3)cc2Cl)c1. The first kappa shape index (κ1) is 22.4. The number of ether oxygens (including phenoxy) is 1. The molecule has 0 aliphatic heterocycles. The number of aryl methyl sites for hydroxylation is 2. The molecular weight excluding hydrogens is 431 g/mol. The summed E-state index contributed by atoms with van der Waals surface area (Å²) in [6.45, 7) is 4.28. The summed E-state index contributed by atoms with van der Waals surface area (Å²) in [4.78, 5) is 12.5. The van der Waals surface area contributed by atoms with Crippen LogP contribution in [0.15, 0.2) is 66.2 Å². The molecule has 6 heteroatoms. The minimum Gasteiger partial charge on any atom is -0.487 e. The number of amides is 1. The molecule has 156 valence electrons. The van der Waals surface area contributed by atoms with Crippen LogP contribution in [0.1, 0.15) is 22.3 Å². The molecule has 4 nitrogen and oxygen atoms in total. The lowest BCUT2D eigenvalue weighted by atomic mass is 10.1. The van der Waals surface area contributed by atoms with Gasteiger partial charge in [0.25, 0.3) is 5.91 Å². The smallest absolute Gasteiger partial charge is 0.266 e. The van der Waals surface area contributed by atoms with Crippen LogP contribution in [0.5, 0.6) is 5.75 Å². The highest BCUT2D eigenvalue weighted by atomic mass is 35.5. The lowest BCUT2D eigenvalue weighted by molar-refractivity contribution is -0.112. The van der Waals surface area contributed by atoms with E-state index in [2.05, 4.69) is 5.32 Å². The summed E-state index contributed by atoms with van der Waals surface area (Å²) in [7, 11) is 0. The lowest BCUT2D eigenvalue weighted by Gasteiger charge is -2.10. The average Bonchev–Trinajstić information content (AvgIpc) is 2.74. The predicted octanol–water partition coefficient (Wildman–Crippen LogP) is 6.73. The third-order valence-corrected chi connectivity index (χ3v) is 5.24. The Kier molecular flexibility index (Phi) is 7.36. The normalized spacial score (nSPS) is 11.0. The van der Waals surface area contributed by atoms with Gasteiger partial charge in [0.15, 0.2) is 0 Å². The number of halogens is 2. The van der Waals surface area contributed by atoms with Crippen LogP contribution in [0.3, 0.4) is 0 Å². The average molecular weight is 451 g/mol. The second-order valence-electron chi connectivity index (χ2n) is 7.06. The number of nitrogens with one attached hydrogen (secondary N) is 1. The van der Waals surface area contributed by atoms with Crippen molar-refractivity contribution in [1.82, 2.24) is 0 Å². The maximum atomic E-state index is 12.5. The van der Waals surface area contributed by atoms with E-state index in [9.17, 15) is 10.1 Å². The number of carbonyl (C=O) groups is 1. The molecule has 0 aliphatic carbocycles. The molecule has 0 atom stereocenters. The van der Waals surface area contributed by atoms with Crippen LogP contribution in [-0.4, -0.2) is 5.91 Å². The Labute approximate surface area is 191 Å². The summed E-state index contributed by atoms with van der Waals surface area (Å²) < 4.78 is 5.80. The van der Waals surface area contributed by atoms with E-state index in [1.54, 1.807) is 36.4 Å². The van der Waals surface area contributed by atoms with Crippen LogP contribution in [0.4, 0.5) is 5.69 Å². The van der Waals surface area contributed by atoms with E-state index in [1.807, 2.05) is 44.2 Å². The molecule has 31 heavy (non-hydrogen) atoms. The molecule has 0 heterocycles. The number of hydrogen-bond donors (Lipinski definition) is 1. The Bertz CT molecular complexity index is 1200. The van der Waals surface area contributed by atoms with Gasteiger partial charge in [0.1, 0.15) is 24.0 Å². The van der Waals surface area contributed by atoms with Gasteiger partial charge in [-0.1, -0.05) is 65.2 Å². The standard InChI is InChI=1S/C25H20Cl2N2O2/c1-16-4-3-5-19(10-16)15-31-24-9-7-18(12-23(24)27)11-20(14-28)25(30)29-21-8-6-17(2)22(26)13-21/h3-13H,15H2,1-2H3,(H,29,30)/b20-11+. The zero-order valence-corrected chi connectivity index (χ0v) is 18.6. The molecule has 0 saturated carbocycles. The van der Waals surface area contributed by atoms with Gasteiger partial charge < -0.3 is 10.1 Å². The van der Waals surface area contributed by atoms with Gasteiger partial charge in [-0.25, -0.2) is 0 Å². The molecule has 0 unspecified atom stereocenters. The summed E-state index contributed by atoms with van der Waals surface area (Å²) in [5.74, 6) is -0.00380. The number of carbonyl (C=O) groups excluding carboxylic acids is 1. The fourth-order valence-corrected chi connectivity index (χ4v) is 3.30. The van der Waals surface area contributed by atoms with Crippen molar-refractivity contribution < 1.29 is 9.53 Å². The molecule has 0 fully saturated rings. The van der Waals surface area contributed by atoms with Crippen molar-refractivity contribution in [2.75, 3.05) is 5.32 Å². The topological polar surface area (TPSA) is 62.1 Å². The number of nitriles is 1. The minimum absolute atomic E-state index is 0.0545. The van der Waals surface area contributed by atoms with Gasteiger partial charge in [-0.3, -0.25) is 4.79 Å². The fraction of sp³-hybridized carbons (Fsp3) is 0.120. The van der Waals surface area contributed by atoms with Crippen molar-refractivity contribution >= 4 is 40.9 Å². The van der Waals surface area contributed by atoms with Gasteiger partial charge in [-0.15, -0.1) is 0 Å². The monoisotopic (exact) mass is 450 g/mol. The van der Waals surface area contributed by atoms with E-state index >= 15 is 0 Å². The Hall–Kier alpha value is -3.26. The Morgan fingerprint density at radius 3 is 2.55 bits per heavy atom. The molecule has 0 aliphatic rings. The molecule has 1 amide bonds. The maximum Gasteiger partial charge on any atom is 0.266 e. The van der Waals surface area contributed by atoms with E-state index in [1.165, 1.54) is 6.08 Å². The highest BCUT2D eigenvalue weighted by Gasteiger charge is 2.11. The van der Waals surface area contributed by atoms with Crippen molar-refractivity contribution in [2.24, 2.45) is 0 Å². The Morgan fingerprint density at radius 1 is 1.06 bits per heavy atom. The molecular formula is C25H20Cl2N2O2. The number of anilines is 1. The van der Waals surface area contributed by atoms with Gasteiger partial charge in [-0.2, -0.15) is 5.26 Å². The van der Waals surface area contributed by atoms with Crippen LogP contribution < -0.4 is 10.1 Å². The van der Waals surface area contributed by atoms with Crippen LogP contribution in [0.2, 0.25) is 10.0 Å². The maximum absolute atomic E-state index is 12.5. The largest absolute Gasteiger partial charge is 0.487 e. The zero-order chi connectivity index (χ0) is 22.4. The van der Waals surface area contributed by atoms with Crippen molar-refractivity contribution in [1.29, 1.82) is 5.26 Å². The number of benzene rings is 3.